The predicted octanol–water partition coefficient (Wildman–Crippen LogP) is 3.53. The molecule has 19 heavy (non-hydrogen) atoms. The van der Waals surface area contributed by atoms with Crippen molar-refractivity contribution in [2.24, 2.45) is 0 Å². The summed E-state index contributed by atoms with van der Waals surface area (Å²) >= 11 is 7.49. The molecule has 0 aliphatic heterocycles. The molecule has 0 aliphatic carbocycles. The van der Waals surface area contributed by atoms with E-state index in [-0.39, 0.29) is 0 Å². The number of nitrogens with zero attached hydrogens (tertiary/aromatic N) is 3. The van der Waals surface area contributed by atoms with Gasteiger partial charge in [0.1, 0.15) is 11.0 Å². The van der Waals surface area contributed by atoms with Crippen molar-refractivity contribution in [3.05, 3.63) is 47.1 Å². The van der Waals surface area contributed by atoms with Crippen molar-refractivity contribution >= 4 is 29.2 Å². The Morgan fingerprint density at radius 3 is 2.63 bits per heavy atom. The fourth-order valence-electron chi connectivity index (χ4n) is 1.73. The van der Waals surface area contributed by atoms with Crippen LogP contribution in [0.25, 0.3) is 0 Å². The molecule has 0 bridgehead atoms. The van der Waals surface area contributed by atoms with Crippen LogP contribution in [0.4, 0.5) is 5.82 Å². The highest BCUT2D eigenvalue weighted by molar-refractivity contribution is 7.98. The molecule has 0 N–H and O–H groups in total. The van der Waals surface area contributed by atoms with Crippen LogP contribution < -0.4 is 4.90 Å². The number of rotatable bonds is 5. The number of aromatic nitrogens is 2. The average molecular weight is 294 g/mol. The third-order valence-corrected chi connectivity index (χ3v) is 3.55. The molecule has 0 fully saturated rings. The summed E-state index contributed by atoms with van der Waals surface area (Å²) < 4.78 is 0. The number of halogens is 1. The van der Waals surface area contributed by atoms with E-state index in [0.29, 0.717) is 10.3 Å². The lowest BCUT2D eigenvalue weighted by Gasteiger charge is -2.18. The van der Waals surface area contributed by atoms with Gasteiger partial charge in [-0.25, -0.2) is 9.97 Å². The zero-order valence-electron chi connectivity index (χ0n) is 11.0. The molecule has 5 heteroatoms. The molecule has 1 aromatic carbocycles. The largest absolute Gasteiger partial charge is 0.359 e. The maximum absolute atomic E-state index is 6.00. The molecule has 2 rings (SSSR count). The standard InChI is InChI=1S/C14H16ClN3S/c1-18(9-8-11-6-4-3-5-7-11)13-10-12(15)16-14(17-13)19-2/h3-7,10H,8-9H2,1-2H3. The summed E-state index contributed by atoms with van der Waals surface area (Å²) in [4.78, 5) is 10.7. The van der Waals surface area contributed by atoms with Crippen molar-refractivity contribution in [1.82, 2.24) is 9.97 Å². The summed E-state index contributed by atoms with van der Waals surface area (Å²) in [5.41, 5.74) is 1.32. The van der Waals surface area contributed by atoms with Crippen LogP contribution in [0.15, 0.2) is 41.6 Å². The summed E-state index contributed by atoms with van der Waals surface area (Å²) in [6, 6.07) is 12.2. The molecule has 0 unspecified atom stereocenters. The van der Waals surface area contributed by atoms with Gasteiger partial charge in [-0.2, -0.15) is 0 Å². The summed E-state index contributed by atoms with van der Waals surface area (Å²) in [6.45, 7) is 0.894. The molecule has 3 nitrogen and oxygen atoms in total. The monoisotopic (exact) mass is 293 g/mol. The minimum absolute atomic E-state index is 0.487. The van der Waals surface area contributed by atoms with Crippen molar-refractivity contribution in [3.63, 3.8) is 0 Å². The molecular weight excluding hydrogens is 278 g/mol. The van der Waals surface area contributed by atoms with Crippen LogP contribution in [0, 0.1) is 0 Å². The Hall–Kier alpha value is -1.26. The molecule has 0 aliphatic rings. The van der Waals surface area contributed by atoms with Crippen LogP contribution in [0.1, 0.15) is 5.56 Å². The van der Waals surface area contributed by atoms with Gasteiger partial charge in [-0.15, -0.1) is 0 Å². The fraction of sp³-hybridized carbons (Fsp3) is 0.286. The predicted molar refractivity (Wildman–Crippen MR) is 82.2 cm³/mol. The number of likely N-dealkylation sites (N-methyl/N-ethyl adjacent to an activating group) is 1. The molecular formula is C14H16ClN3S. The lowest BCUT2D eigenvalue weighted by Crippen LogP contribution is -2.21. The van der Waals surface area contributed by atoms with Gasteiger partial charge in [0, 0.05) is 19.7 Å². The molecule has 1 aromatic heterocycles. The van der Waals surface area contributed by atoms with Gasteiger partial charge in [0.05, 0.1) is 0 Å². The Morgan fingerprint density at radius 1 is 1.21 bits per heavy atom. The Balaban J connectivity index is 2.03. The number of benzene rings is 1. The Bertz CT molecular complexity index is 533. The van der Waals surface area contributed by atoms with Crippen molar-refractivity contribution in [1.29, 1.82) is 0 Å². The first-order chi connectivity index (χ1) is 9.19. The first-order valence-electron chi connectivity index (χ1n) is 6.02. The molecule has 0 amide bonds. The molecule has 2 aromatic rings. The molecule has 0 atom stereocenters. The minimum Gasteiger partial charge on any atom is -0.359 e. The maximum atomic E-state index is 6.00. The van der Waals surface area contributed by atoms with Gasteiger partial charge < -0.3 is 4.90 Å². The SMILES string of the molecule is CSc1nc(Cl)cc(N(C)CCc2ccccc2)n1. The molecule has 0 spiro atoms. The first kappa shape index (κ1) is 14.2. The summed E-state index contributed by atoms with van der Waals surface area (Å²) in [5.74, 6) is 0.861. The number of hydrogen-bond donors (Lipinski definition) is 0. The van der Waals surface area contributed by atoms with Gasteiger partial charge in [-0.1, -0.05) is 53.7 Å². The van der Waals surface area contributed by atoms with Crippen molar-refractivity contribution in [2.45, 2.75) is 11.6 Å². The Morgan fingerprint density at radius 2 is 1.95 bits per heavy atom. The zero-order chi connectivity index (χ0) is 13.7. The van der Waals surface area contributed by atoms with E-state index in [0.717, 1.165) is 18.8 Å². The average Bonchev–Trinajstić information content (AvgIpc) is 2.45. The minimum atomic E-state index is 0.487. The smallest absolute Gasteiger partial charge is 0.190 e. The highest BCUT2D eigenvalue weighted by Crippen LogP contribution is 2.19. The first-order valence-corrected chi connectivity index (χ1v) is 7.63. The lowest BCUT2D eigenvalue weighted by atomic mass is 10.1. The third-order valence-electron chi connectivity index (χ3n) is 2.81. The van der Waals surface area contributed by atoms with Gasteiger partial charge in [-0.3, -0.25) is 0 Å². The van der Waals surface area contributed by atoms with Crippen LogP contribution in [0.3, 0.4) is 0 Å². The van der Waals surface area contributed by atoms with Gasteiger partial charge in [0.2, 0.25) is 0 Å². The quantitative estimate of drug-likeness (QED) is 0.479. The van der Waals surface area contributed by atoms with E-state index < -0.39 is 0 Å². The highest BCUT2D eigenvalue weighted by atomic mass is 35.5. The van der Waals surface area contributed by atoms with Gasteiger partial charge in [-0.05, 0) is 18.2 Å². The Labute approximate surface area is 123 Å². The van der Waals surface area contributed by atoms with Crippen LogP contribution in [0.5, 0.6) is 0 Å². The summed E-state index contributed by atoms with van der Waals surface area (Å²) in [6.07, 6.45) is 2.92. The highest BCUT2D eigenvalue weighted by Gasteiger charge is 2.07. The second kappa shape index (κ2) is 6.78. The van der Waals surface area contributed by atoms with E-state index in [1.165, 1.54) is 17.3 Å². The van der Waals surface area contributed by atoms with Crippen LogP contribution in [0.2, 0.25) is 5.15 Å². The number of anilines is 1. The molecule has 0 saturated carbocycles. The number of hydrogen-bond acceptors (Lipinski definition) is 4. The second-order valence-corrected chi connectivity index (χ2v) is 5.35. The Kier molecular flexibility index (Phi) is 5.05. The molecule has 0 saturated heterocycles. The normalized spacial score (nSPS) is 10.5. The van der Waals surface area contributed by atoms with E-state index in [9.17, 15) is 0 Å². The van der Waals surface area contributed by atoms with Crippen molar-refractivity contribution < 1.29 is 0 Å². The van der Waals surface area contributed by atoms with E-state index in [1.807, 2.05) is 19.4 Å². The van der Waals surface area contributed by atoms with Crippen LogP contribution in [-0.2, 0) is 6.42 Å². The maximum Gasteiger partial charge on any atom is 0.190 e. The summed E-state index contributed by atoms with van der Waals surface area (Å²) in [5, 5.41) is 1.19. The van der Waals surface area contributed by atoms with Crippen molar-refractivity contribution in [2.75, 3.05) is 24.7 Å². The zero-order valence-corrected chi connectivity index (χ0v) is 12.6. The van der Waals surface area contributed by atoms with Crippen LogP contribution >= 0.6 is 23.4 Å². The lowest BCUT2D eigenvalue weighted by molar-refractivity contribution is 0.834. The molecule has 0 radical (unpaired) electrons. The van der Waals surface area contributed by atoms with Crippen molar-refractivity contribution in [3.8, 4) is 0 Å². The number of thioether (sulfide) groups is 1. The van der Waals surface area contributed by atoms with E-state index in [1.54, 1.807) is 6.07 Å². The summed E-state index contributed by atoms with van der Waals surface area (Å²) in [7, 11) is 2.02. The van der Waals surface area contributed by atoms with E-state index in [4.69, 9.17) is 11.6 Å². The molecule has 1 heterocycles. The van der Waals surface area contributed by atoms with Gasteiger partial charge in [0.15, 0.2) is 5.16 Å². The third kappa shape index (κ3) is 4.11. The topological polar surface area (TPSA) is 29.0 Å². The van der Waals surface area contributed by atoms with Gasteiger partial charge in [0.25, 0.3) is 0 Å². The van der Waals surface area contributed by atoms with E-state index in [2.05, 4.69) is 39.1 Å². The molecule has 100 valence electrons. The van der Waals surface area contributed by atoms with E-state index >= 15 is 0 Å². The second-order valence-electron chi connectivity index (χ2n) is 4.19. The van der Waals surface area contributed by atoms with Crippen LogP contribution in [-0.4, -0.2) is 29.8 Å². The van der Waals surface area contributed by atoms with Gasteiger partial charge >= 0.3 is 0 Å². The fourth-order valence-corrected chi connectivity index (χ4v) is 2.33.